The fourth-order valence-electron chi connectivity index (χ4n) is 2.93. The molecular formula is C18H20FNO3. The van der Waals surface area contributed by atoms with Gasteiger partial charge in [-0.15, -0.1) is 0 Å². The van der Waals surface area contributed by atoms with Gasteiger partial charge in [0.25, 0.3) is 0 Å². The van der Waals surface area contributed by atoms with Gasteiger partial charge >= 0.3 is 0 Å². The third-order valence-corrected chi connectivity index (χ3v) is 4.15. The second-order valence-corrected chi connectivity index (χ2v) is 5.69. The first-order valence-electron chi connectivity index (χ1n) is 7.63. The number of hydrogen-bond donors (Lipinski definition) is 2. The summed E-state index contributed by atoms with van der Waals surface area (Å²) >= 11 is 0. The third kappa shape index (κ3) is 3.24. The van der Waals surface area contributed by atoms with Crippen LogP contribution < -0.4 is 14.8 Å². The van der Waals surface area contributed by atoms with E-state index in [0.717, 1.165) is 23.5 Å². The summed E-state index contributed by atoms with van der Waals surface area (Å²) in [6, 6.07) is 9.57. The standard InChI is InChI=1S/C18H20FNO3/c1-11(14-9-12(21)3-5-16(14)19)20-17-7-8-23-18-6-4-13(22-2)10-15(17)18/h3-6,9-11,17,20-21H,7-8H2,1-2H3/t11?,17-/m0/s1. The van der Waals surface area contributed by atoms with E-state index in [9.17, 15) is 9.50 Å². The van der Waals surface area contributed by atoms with E-state index in [1.54, 1.807) is 7.11 Å². The monoisotopic (exact) mass is 317 g/mol. The number of aromatic hydroxyl groups is 1. The Morgan fingerprint density at radius 1 is 1.30 bits per heavy atom. The van der Waals surface area contributed by atoms with Crippen molar-refractivity contribution in [2.75, 3.05) is 13.7 Å². The van der Waals surface area contributed by atoms with Gasteiger partial charge in [-0.3, -0.25) is 0 Å². The van der Waals surface area contributed by atoms with Crippen LogP contribution in [0.15, 0.2) is 36.4 Å². The number of fused-ring (bicyclic) bond motifs is 1. The van der Waals surface area contributed by atoms with Crippen LogP contribution in [0.3, 0.4) is 0 Å². The summed E-state index contributed by atoms with van der Waals surface area (Å²) in [5.41, 5.74) is 1.45. The van der Waals surface area contributed by atoms with Gasteiger partial charge in [0.05, 0.1) is 13.7 Å². The van der Waals surface area contributed by atoms with Crippen molar-refractivity contribution in [3.05, 3.63) is 53.3 Å². The van der Waals surface area contributed by atoms with E-state index >= 15 is 0 Å². The number of rotatable bonds is 4. The van der Waals surface area contributed by atoms with Crippen LogP contribution in [0.25, 0.3) is 0 Å². The zero-order valence-corrected chi connectivity index (χ0v) is 13.2. The molecule has 2 aromatic rings. The van der Waals surface area contributed by atoms with Gasteiger partial charge in [0.15, 0.2) is 0 Å². The van der Waals surface area contributed by atoms with Gasteiger partial charge in [0, 0.05) is 29.6 Å². The van der Waals surface area contributed by atoms with Crippen molar-refractivity contribution in [1.82, 2.24) is 5.32 Å². The molecule has 0 amide bonds. The number of ether oxygens (including phenoxy) is 2. The minimum Gasteiger partial charge on any atom is -0.508 e. The maximum absolute atomic E-state index is 14.0. The number of phenolic OH excluding ortho intramolecular Hbond substituents is 1. The van der Waals surface area contributed by atoms with Crippen molar-refractivity contribution in [3.8, 4) is 17.2 Å². The molecule has 2 atom stereocenters. The van der Waals surface area contributed by atoms with Crippen LogP contribution in [0.5, 0.6) is 17.2 Å². The third-order valence-electron chi connectivity index (χ3n) is 4.15. The Kier molecular flexibility index (Phi) is 4.39. The number of methoxy groups -OCH3 is 1. The molecule has 5 heteroatoms. The maximum atomic E-state index is 14.0. The molecule has 0 spiro atoms. The van der Waals surface area contributed by atoms with Crippen molar-refractivity contribution >= 4 is 0 Å². The molecule has 23 heavy (non-hydrogen) atoms. The Balaban J connectivity index is 1.85. The van der Waals surface area contributed by atoms with E-state index in [2.05, 4.69) is 5.32 Å². The Labute approximate surface area is 134 Å². The minimum atomic E-state index is -0.333. The molecule has 3 rings (SSSR count). The Bertz CT molecular complexity index is 705. The quantitative estimate of drug-likeness (QED) is 0.902. The minimum absolute atomic E-state index is 0.0330. The summed E-state index contributed by atoms with van der Waals surface area (Å²) in [4.78, 5) is 0. The summed E-state index contributed by atoms with van der Waals surface area (Å²) in [7, 11) is 1.62. The molecular weight excluding hydrogens is 297 g/mol. The average molecular weight is 317 g/mol. The lowest BCUT2D eigenvalue weighted by atomic mass is 9.97. The van der Waals surface area contributed by atoms with Crippen molar-refractivity contribution in [2.24, 2.45) is 0 Å². The number of hydrogen-bond acceptors (Lipinski definition) is 4. The number of nitrogens with one attached hydrogen (secondary N) is 1. The molecule has 0 radical (unpaired) electrons. The van der Waals surface area contributed by atoms with E-state index in [4.69, 9.17) is 9.47 Å². The molecule has 0 fully saturated rings. The van der Waals surface area contributed by atoms with Gasteiger partial charge in [0.2, 0.25) is 0 Å². The van der Waals surface area contributed by atoms with E-state index < -0.39 is 0 Å². The molecule has 2 N–H and O–H groups in total. The van der Waals surface area contributed by atoms with Gasteiger partial charge < -0.3 is 19.9 Å². The molecule has 0 bridgehead atoms. The normalized spacial score (nSPS) is 18.0. The summed E-state index contributed by atoms with van der Waals surface area (Å²) in [5, 5.41) is 13.0. The van der Waals surface area contributed by atoms with Crippen molar-refractivity contribution in [3.63, 3.8) is 0 Å². The highest BCUT2D eigenvalue weighted by atomic mass is 19.1. The Hall–Kier alpha value is -2.27. The topological polar surface area (TPSA) is 50.7 Å². The molecule has 4 nitrogen and oxygen atoms in total. The molecule has 0 saturated heterocycles. The zero-order chi connectivity index (χ0) is 16.4. The molecule has 0 saturated carbocycles. The second kappa shape index (κ2) is 6.46. The van der Waals surface area contributed by atoms with Gasteiger partial charge in [-0.1, -0.05) is 0 Å². The van der Waals surface area contributed by atoms with E-state index in [-0.39, 0.29) is 23.7 Å². The smallest absolute Gasteiger partial charge is 0.128 e. The van der Waals surface area contributed by atoms with Gasteiger partial charge in [-0.2, -0.15) is 0 Å². The van der Waals surface area contributed by atoms with Crippen molar-refractivity contribution in [2.45, 2.75) is 25.4 Å². The lowest BCUT2D eigenvalue weighted by Crippen LogP contribution is -2.29. The highest BCUT2D eigenvalue weighted by Gasteiger charge is 2.24. The van der Waals surface area contributed by atoms with Gasteiger partial charge in [0.1, 0.15) is 23.1 Å². The lowest BCUT2D eigenvalue weighted by Gasteiger charge is -2.30. The molecule has 0 aliphatic carbocycles. The molecule has 122 valence electrons. The van der Waals surface area contributed by atoms with E-state index in [0.29, 0.717) is 12.2 Å². The first-order valence-corrected chi connectivity index (χ1v) is 7.63. The highest BCUT2D eigenvalue weighted by molar-refractivity contribution is 5.43. The predicted molar refractivity (Wildman–Crippen MR) is 85.5 cm³/mol. The number of phenols is 1. The number of halogens is 1. The predicted octanol–water partition coefficient (Wildman–Crippen LogP) is 3.71. The van der Waals surface area contributed by atoms with Crippen LogP contribution in [0, 0.1) is 5.82 Å². The van der Waals surface area contributed by atoms with E-state index in [1.165, 1.54) is 18.2 Å². The molecule has 1 heterocycles. The van der Waals surface area contributed by atoms with Crippen LogP contribution in [0.4, 0.5) is 4.39 Å². The molecule has 1 aliphatic heterocycles. The van der Waals surface area contributed by atoms with Crippen LogP contribution >= 0.6 is 0 Å². The van der Waals surface area contributed by atoms with Crippen LogP contribution in [-0.2, 0) is 0 Å². The summed E-state index contributed by atoms with van der Waals surface area (Å²) in [5.74, 6) is 1.31. The Morgan fingerprint density at radius 3 is 2.91 bits per heavy atom. The van der Waals surface area contributed by atoms with Crippen molar-refractivity contribution in [1.29, 1.82) is 0 Å². The number of benzene rings is 2. The molecule has 1 unspecified atom stereocenters. The Morgan fingerprint density at radius 2 is 2.13 bits per heavy atom. The summed E-state index contributed by atoms with van der Waals surface area (Å²) in [6.07, 6.45) is 0.783. The first kappa shape index (κ1) is 15.6. The largest absolute Gasteiger partial charge is 0.508 e. The molecule has 0 aromatic heterocycles. The molecule has 1 aliphatic rings. The lowest BCUT2D eigenvalue weighted by molar-refractivity contribution is 0.244. The van der Waals surface area contributed by atoms with Gasteiger partial charge in [-0.25, -0.2) is 4.39 Å². The average Bonchev–Trinajstić information content (AvgIpc) is 2.57. The fraction of sp³-hybridized carbons (Fsp3) is 0.333. The SMILES string of the molecule is COc1ccc2c(c1)[C@@H](NC(C)c1cc(O)ccc1F)CCO2. The van der Waals surface area contributed by atoms with Crippen LogP contribution in [-0.4, -0.2) is 18.8 Å². The molecule has 2 aromatic carbocycles. The second-order valence-electron chi connectivity index (χ2n) is 5.69. The van der Waals surface area contributed by atoms with E-state index in [1.807, 2.05) is 25.1 Å². The van der Waals surface area contributed by atoms with Crippen molar-refractivity contribution < 1.29 is 19.0 Å². The highest BCUT2D eigenvalue weighted by Crippen LogP contribution is 2.36. The van der Waals surface area contributed by atoms with Crippen LogP contribution in [0.1, 0.15) is 36.6 Å². The van der Waals surface area contributed by atoms with Crippen LogP contribution in [0.2, 0.25) is 0 Å². The summed E-state index contributed by atoms with van der Waals surface area (Å²) < 4.78 is 24.9. The maximum Gasteiger partial charge on any atom is 0.128 e. The summed E-state index contributed by atoms with van der Waals surface area (Å²) in [6.45, 7) is 2.49. The zero-order valence-electron chi connectivity index (χ0n) is 13.2. The van der Waals surface area contributed by atoms with Gasteiger partial charge in [-0.05, 0) is 43.3 Å². The first-order chi connectivity index (χ1) is 11.1. The fourth-order valence-corrected chi connectivity index (χ4v) is 2.93.